The van der Waals surface area contributed by atoms with Crippen molar-refractivity contribution in [1.29, 1.82) is 0 Å². The number of fused-ring (bicyclic) bond motifs is 2. The molecule has 5 rings (SSSR count). The Balaban J connectivity index is 1.64. The Morgan fingerprint density at radius 3 is 2.79 bits per heavy atom. The van der Waals surface area contributed by atoms with Gasteiger partial charge in [-0.05, 0) is 24.9 Å². The summed E-state index contributed by atoms with van der Waals surface area (Å²) in [6.07, 6.45) is 4.76. The zero-order valence-corrected chi connectivity index (χ0v) is 13.4. The highest BCUT2D eigenvalue weighted by molar-refractivity contribution is 5.89. The van der Waals surface area contributed by atoms with Crippen LogP contribution in [0.5, 0.6) is 0 Å². The second kappa shape index (κ2) is 5.53. The zero-order chi connectivity index (χ0) is 15.9. The van der Waals surface area contributed by atoms with Crippen molar-refractivity contribution < 1.29 is 0 Å². The maximum Gasteiger partial charge on any atom is 0.157 e. The lowest BCUT2D eigenvalue weighted by molar-refractivity contribution is 0.556. The first kappa shape index (κ1) is 13.9. The Morgan fingerprint density at radius 1 is 1.04 bits per heavy atom. The maximum atomic E-state index is 4.98. The number of nitrogens with zero attached hydrogens (tertiary/aromatic N) is 4. The van der Waals surface area contributed by atoms with Gasteiger partial charge in [0.2, 0.25) is 0 Å². The molecule has 24 heavy (non-hydrogen) atoms. The van der Waals surface area contributed by atoms with E-state index in [2.05, 4.69) is 32.3 Å². The Morgan fingerprint density at radius 2 is 1.92 bits per heavy atom. The summed E-state index contributed by atoms with van der Waals surface area (Å²) in [4.78, 5) is 16.5. The van der Waals surface area contributed by atoms with Gasteiger partial charge in [0.25, 0.3) is 0 Å². The Labute approximate surface area is 140 Å². The average Bonchev–Trinajstić information content (AvgIpc) is 3.23. The van der Waals surface area contributed by atoms with Crippen LogP contribution >= 0.6 is 0 Å². The number of hydrogen-bond acceptors (Lipinski definition) is 5. The molecule has 0 radical (unpaired) electrons. The molecule has 0 saturated carbocycles. The van der Waals surface area contributed by atoms with E-state index in [4.69, 9.17) is 4.98 Å². The number of aromatic nitrogens is 3. The van der Waals surface area contributed by atoms with Crippen LogP contribution in [0.25, 0.3) is 22.3 Å². The van der Waals surface area contributed by atoms with Gasteiger partial charge in [0, 0.05) is 37.1 Å². The monoisotopic (exact) mass is 317 g/mol. The van der Waals surface area contributed by atoms with Crippen LogP contribution in [0.15, 0.2) is 48.8 Å². The van der Waals surface area contributed by atoms with Gasteiger partial charge in [-0.2, -0.15) is 0 Å². The van der Waals surface area contributed by atoms with Crippen LogP contribution in [0.2, 0.25) is 0 Å². The summed E-state index contributed by atoms with van der Waals surface area (Å²) in [6, 6.07) is 12.9. The van der Waals surface area contributed by atoms with E-state index in [0.717, 1.165) is 53.7 Å². The fraction of sp³-hybridized carbons (Fsp3) is 0.316. The molecular formula is C19H19N5. The van der Waals surface area contributed by atoms with Crippen LogP contribution in [0, 0.1) is 5.92 Å². The lowest BCUT2D eigenvalue weighted by Crippen LogP contribution is -2.30. The molecule has 120 valence electrons. The summed E-state index contributed by atoms with van der Waals surface area (Å²) < 4.78 is 0. The molecule has 0 aliphatic carbocycles. The second-order valence-corrected chi connectivity index (χ2v) is 6.64. The van der Waals surface area contributed by atoms with Crippen LogP contribution in [-0.4, -0.2) is 40.6 Å². The fourth-order valence-corrected chi connectivity index (χ4v) is 3.95. The van der Waals surface area contributed by atoms with Crippen LogP contribution in [0.4, 0.5) is 5.82 Å². The minimum Gasteiger partial charge on any atom is -0.353 e. The number of anilines is 1. The van der Waals surface area contributed by atoms with Gasteiger partial charge in [-0.25, -0.2) is 9.97 Å². The minimum atomic E-state index is 0.582. The number of rotatable bonds is 2. The SMILES string of the molecule is c1ccc(-c2cc3nccnc3c(N3CC4CCNC4C3)n2)cc1. The predicted octanol–water partition coefficient (Wildman–Crippen LogP) is 2.49. The van der Waals surface area contributed by atoms with Crippen molar-refractivity contribution in [3.8, 4) is 11.3 Å². The largest absolute Gasteiger partial charge is 0.353 e. The lowest BCUT2D eigenvalue weighted by Gasteiger charge is -2.20. The first-order valence-corrected chi connectivity index (χ1v) is 8.54. The molecular weight excluding hydrogens is 298 g/mol. The predicted molar refractivity (Wildman–Crippen MR) is 94.9 cm³/mol. The molecule has 2 unspecified atom stereocenters. The molecule has 2 aliphatic rings. The van der Waals surface area contributed by atoms with Gasteiger partial charge in [0.1, 0.15) is 5.52 Å². The Hall–Kier alpha value is -2.53. The maximum absolute atomic E-state index is 4.98. The van der Waals surface area contributed by atoms with Gasteiger partial charge < -0.3 is 10.2 Å². The molecule has 0 spiro atoms. The van der Waals surface area contributed by atoms with E-state index >= 15 is 0 Å². The number of hydrogen-bond donors (Lipinski definition) is 1. The highest BCUT2D eigenvalue weighted by Crippen LogP contribution is 2.33. The molecule has 4 heterocycles. The number of pyridine rings is 1. The van der Waals surface area contributed by atoms with E-state index in [1.54, 1.807) is 12.4 Å². The number of benzene rings is 1. The second-order valence-electron chi connectivity index (χ2n) is 6.64. The van der Waals surface area contributed by atoms with Crippen molar-refractivity contribution in [2.75, 3.05) is 24.5 Å². The van der Waals surface area contributed by atoms with E-state index in [1.165, 1.54) is 6.42 Å². The summed E-state index contributed by atoms with van der Waals surface area (Å²) in [7, 11) is 0. The molecule has 3 aromatic rings. The van der Waals surface area contributed by atoms with Crippen LogP contribution in [0.1, 0.15) is 6.42 Å². The summed E-state index contributed by atoms with van der Waals surface area (Å²) in [5, 5.41) is 3.61. The molecule has 2 fully saturated rings. The summed E-state index contributed by atoms with van der Waals surface area (Å²) in [5.41, 5.74) is 3.89. The first-order chi connectivity index (χ1) is 11.9. The van der Waals surface area contributed by atoms with Crippen molar-refractivity contribution >= 4 is 16.9 Å². The van der Waals surface area contributed by atoms with E-state index in [9.17, 15) is 0 Å². The van der Waals surface area contributed by atoms with Crippen LogP contribution in [-0.2, 0) is 0 Å². The van der Waals surface area contributed by atoms with Gasteiger partial charge in [-0.1, -0.05) is 30.3 Å². The standard InChI is InChI=1S/C19H19N5/c1-2-4-13(5-3-1)15-10-16-18(22-9-8-21-16)19(23-15)24-11-14-6-7-20-17(14)12-24/h1-5,8-10,14,17,20H,6-7,11-12H2. The zero-order valence-electron chi connectivity index (χ0n) is 13.4. The first-order valence-electron chi connectivity index (χ1n) is 8.54. The normalized spacial score (nSPS) is 22.9. The molecule has 5 heteroatoms. The highest BCUT2D eigenvalue weighted by atomic mass is 15.3. The minimum absolute atomic E-state index is 0.582. The van der Waals surface area contributed by atoms with Crippen LogP contribution < -0.4 is 10.2 Å². The van der Waals surface area contributed by atoms with Crippen molar-refractivity contribution in [1.82, 2.24) is 20.3 Å². The Bertz CT molecular complexity index is 867. The molecule has 2 atom stereocenters. The van der Waals surface area contributed by atoms with Crippen molar-refractivity contribution in [2.24, 2.45) is 5.92 Å². The van der Waals surface area contributed by atoms with Gasteiger partial charge in [-0.3, -0.25) is 4.98 Å². The summed E-state index contributed by atoms with van der Waals surface area (Å²) in [6.45, 7) is 3.19. The topological polar surface area (TPSA) is 53.9 Å². The van der Waals surface area contributed by atoms with Crippen molar-refractivity contribution in [3.05, 3.63) is 48.8 Å². The highest BCUT2D eigenvalue weighted by Gasteiger charge is 2.37. The molecule has 2 aliphatic heterocycles. The molecule has 5 nitrogen and oxygen atoms in total. The van der Waals surface area contributed by atoms with Gasteiger partial charge >= 0.3 is 0 Å². The smallest absolute Gasteiger partial charge is 0.157 e. The molecule has 1 N–H and O–H groups in total. The molecule has 0 bridgehead atoms. The quantitative estimate of drug-likeness (QED) is 0.787. The molecule has 0 amide bonds. The summed E-state index contributed by atoms with van der Waals surface area (Å²) >= 11 is 0. The molecule has 1 aromatic carbocycles. The van der Waals surface area contributed by atoms with Gasteiger partial charge in [0.05, 0.1) is 11.2 Å². The van der Waals surface area contributed by atoms with Crippen molar-refractivity contribution in [2.45, 2.75) is 12.5 Å². The van der Waals surface area contributed by atoms with E-state index in [-0.39, 0.29) is 0 Å². The number of nitrogens with one attached hydrogen (secondary N) is 1. The van der Waals surface area contributed by atoms with E-state index < -0.39 is 0 Å². The third kappa shape index (κ3) is 2.24. The van der Waals surface area contributed by atoms with Crippen molar-refractivity contribution in [3.63, 3.8) is 0 Å². The van der Waals surface area contributed by atoms with Crippen LogP contribution in [0.3, 0.4) is 0 Å². The van der Waals surface area contributed by atoms with E-state index in [0.29, 0.717) is 6.04 Å². The Kier molecular flexibility index (Phi) is 3.19. The van der Waals surface area contributed by atoms with E-state index in [1.807, 2.05) is 24.3 Å². The summed E-state index contributed by atoms with van der Waals surface area (Å²) in [5.74, 6) is 1.69. The third-order valence-electron chi connectivity index (χ3n) is 5.17. The van der Waals surface area contributed by atoms with Gasteiger partial charge in [0.15, 0.2) is 5.82 Å². The molecule has 2 saturated heterocycles. The van der Waals surface area contributed by atoms with Gasteiger partial charge in [-0.15, -0.1) is 0 Å². The fourth-order valence-electron chi connectivity index (χ4n) is 3.95. The lowest BCUT2D eigenvalue weighted by atomic mass is 10.1. The third-order valence-corrected chi connectivity index (χ3v) is 5.17. The average molecular weight is 317 g/mol. The molecule has 2 aromatic heterocycles.